The van der Waals surface area contributed by atoms with Gasteiger partial charge in [0, 0.05) is 25.8 Å². The van der Waals surface area contributed by atoms with Gasteiger partial charge in [-0.2, -0.15) is 0 Å². The van der Waals surface area contributed by atoms with Gasteiger partial charge in [-0.05, 0) is 44.2 Å². The van der Waals surface area contributed by atoms with Gasteiger partial charge in [-0.1, -0.05) is 30.3 Å². The Bertz CT molecular complexity index is 1070. The molecule has 1 saturated heterocycles. The van der Waals surface area contributed by atoms with Gasteiger partial charge in [-0.25, -0.2) is 14.6 Å². The van der Waals surface area contributed by atoms with Crippen molar-refractivity contribution in [2.75, 3.05) is 19.7 Å². The molecule has 1 fully saturated rings. The van der Waals surface area contributed by atoms with Crippen LogP contribution < -0.4 is 5.32 Å². The molecule has 0 radical (unpaired) electrons. The van der Waals surface area contributed by atoms with Gasteiger partial charge < -0.3 is 19.5 Å². The molecule has 0 saturated carbocycles. The van der Waals surface area contributed by atoms with Crippen LogP contribution in [0.5, 0.6) is 0 Å². The Morgan fingerprint density at radius 2 is 1.94 bits per heavy atom. The first kappa shape index (κ1) is 21.8. The Morgan fingerprint density at radius 1 is 1.19 bits per heavy atom. The first-order valence-electron chi connectivity index (χ1n) is 11.1. The molecule has 0 bridgehead atoms. The van der Waals surface area contributed by atoms with Crippen LogP contribution in [0, 0.1) is 12.8 Å². The molecule has 2 amide bonds. The fourth-order valence-corrected chi connectivity index (χ4v) is 4.27. The largest absolute Gasteiger partial charge is 0.464 e. The van der Waals surface area contributed by atoms with Gasteiger partial charge in [0.15, 0.2) is 6.04 Å². The molecule has 1 N–H and O–H groups in total. The van der Waals surface area contributed by atoms with E-state index >= 15 is 0 Å². The molecule has 168 valence electrons. The number of amides is 2. The summed E-state index contributed by atoms with van der Waals surface area (Å²) in [6.07, 6.45) is 5.37. The number of piperidine rings is 1. The van der Waals surface area contributed by atoms with Crippen molar-refractivity contribution in [3.63, 3.8) is 0 Å². The summed E-state index contributed by atoms with van der Waals surface area (Å²) in [4.78, 5) is 35.9. The zero-order valence-corrected chi connectivity index (χ0v) is 18.5. The normalized spacial score (nSPS) is 15.5. The molecule has 4 rings (SSSR count). The summed E-state index contributed by atoms with van der Waals surface area (Å²) in [6.45, 7) is 6.21. The minimum absolute atomic E-state index is 0.235. The van der Waals surface area contributed by atoms with Crippen LogP contribution in [-0.2, 0) is 16.1 Å². The maximum absolute atomic E-state index is 12.9. The highest BCUT2D eigenvalue weighted by molar-refractivity contribution is 5.84. The fraction of sp³-hybridized carbons (Fsp3) is 0.417. The Hall–Kier alpha value is -3.42. The van der Waals surface area contributed by atoms with Crippen molar-refractivity contribution in [3.05, 3.63) is 60.2 Å². The van der Waals surface area contributed by atoms with Gasteiger partial charge in [0.05, 0.1) is 18.3 Å². The average molecular weight is 436 g/mol. The molecule has 8 heteroatoms. The van der Waals surface area contributed by atoms with E-state index in [2.05, 4.69) is 19.9 Å². The second-order valence-electron chi connectivity index (χ2n) is 8.11. The molecule has 0 aliphatic carbocycles. The number of rotatable bonds is 6. The highest BCUT2D eigenvalue weighted by Crippen LogP contribution is 2.24. The van der Waals surface area contributed by atoms with Gasteiger partial charge in [0.2, 0.25) is 0 Å². The van der Waals surface area contributed by atoms with E-state index in [1.165, 1.54) is 0 Å². The molecule has 1 aromatic carbocycles. The number of hydrogen-bond donors (Lipinski definition) is 1. The first-order valence-corrected chi connectivity index (χ1v) is 11.1. The van der Waals surface area contributed by atoms with E-state index in [0.29, 0.717) is 24.6 Å². The number of nitrogens with zero attached hydrogens (tertiary/aromatic N) is 4. The number of aromatic nitrogens is 3. The molecular formula is C24H29N5O3. The third kappa shape index (κ3) is 4.74. The van der Waals surface area contributed by atoms with Crippen molar-refractivity contribution < 1.29 is 14.3 Å². The average Bonchev–Trinajstić information content (AvgIpc) is 3.13. The maximum atomic E-state index is 12.9. The van der Waals surface area contributed by atoms with Crippen LogP contribution in [0.15, 0.2) is 48.8 Å². The number of ether oxygens (including phenoxy) is 1. The molecule has 32 heavy (non-hydrogen) atoms. The standard InChI is InChI=1S/C24H29N5O3/c1-3-32-23(30)22(19-7-5-4-6-8-19)27-24(31)28-13-10-18(11-14-28)16-29-17(2)26-20-15-25-12-9-21(20)29/h4-9,12,15,18,22H,3,10-11,13-14,16H2,1-2H3,(H,27,31)/t22-/m0/s1. The first-order chi connectivity index (χ1) is 15.6. The second kappa shape index (κ2) is 9.80. The summed E-state index contributed by atoms with van der Waals surface area (Å²) < 4.78 is 7.42. The highest BCUT2D eigenvalue weighted by atomic mass is 16.5. The van der Waals surface area contributed by atoms with Crippen LogP contribution in [0.3, 0.4) is 0 Å². The van der Waals surface area contributed by atoms with Crippen molar-refractivity contribution in [1.82, 2.24) is 24.8 Å². The fourth-order valence-electron chi connectivity index (χ4n) is 4.27. The van der Waals surface area contributed by atoms with Crippen LogP contribution >= 0.6 is 0 Å². The Morgan fingerprint density at radius 3 is 2.66 bits per heavy atom. The van der Waals surface area contributed by atoms with E-state index in [1.54, 1.807) is 24.2 Å². The molecule has 0 spiro atoms. The van der Waals surface area contributed by atoms with Crippen LogP contribution in [-0.4, -0.2) is 51.1 Å². The number of carbonyl (C=O) groups excluding carboxylic acids is 2. The molecule has 1 atom stereocenters. The molecule has 1 aliphatic heterocycles. The quantitative estimate of drug-likeness (QED) is 0.599. The topological polar surface area (TPSA) is 89.4 Å². The van der Waals surface area contributed by atoms with Crippen LogP contribution in [0.25, 0.3) is 11.0 Å². The number of likely N-dealkylation sites (tertiary alicyclic amines) is 1. The van der Waals surface area contributed by atoms with E-state index in [-0.39, 0.29) is 12.6 Å². The van der Waals surface area contributed by atoms with Crippen LogP contribution in [0.1, 0.15) is 37.2 Å². The lowest BCUT2D eigenvalue weighted by Crippen LogP contribution is -2.47. The van der Waals surface area contributed by atoms with E-state index in [0.717, 1.165) is 36.2 Å². The number of hydrogen-bond acceptors (Lipinski definition) is 5. The van der Waals surface area contributed by atoms with E-state index in [4.69, 9.17) is 4.74 Å². The lowest BCUT2D eigenvalue weighted by Gasteiger charge is -2.33. The molecule has 0 unspecified atom stereocenters. The van der Waals surface area contributed by atoms with Crippen LogP contribution in [0.2, 0.25) is 0 Å². The van der Waals surface area contributed by atoms with E-state index in [9.17, 15) is 9.59 Å². The minimum Gasteiger partial charge on any atom is -0.464 e. The predicted molar refractivity (Wildman–Crippen MR) is 121 cm³/mol. The SMILES string of the molecule is CCOC(=O)[C@@H](NC(=O)N1CCC(Cn2c(C)nc3cnccc32)CC1)c1ccccc1. The van der Waals surface area contributed by atoms with Crippen molar-refractivity contribution >= 4 is 23.0 Å². The number of esters is 1. The minimum atomic E-state index is -0.810. The Balaban J connectivity index is 1.37. The number of aryl methyl sites for hydroxylation is 1. The molecule has 3 heterocycles. The highest BCUT2D eigenvalue weighted by Gasteiger charge is 2.29. The monoisotopic (exact) mass is 435 g/mol. The van der Waals surface area contributed by atoms with Crippen molar-refractivity contribution in [2.24, 2.45) is 5.92 Å². The number of benzene rings is 1. The molecule has 3 aromatic rings. The summed E-state index contributed by atoms with van der Waals surface area (Å²) >= 11 is 0. The number of imidazole rings is 1. The summed E-state index contributed by atoms with van der Waals surface area (Å²) in [5.41, 5.74) is 2.72. The molecule has 1 aliphatic rings. The van der Waals surface area contributed by atoms with E-state index < -0.39 is 12.0 Å². The lowest BCUT2D eigenvalue weighted by atomic mass is 9.96. The molecular weight excluding hydrogens is 406 g/mol. The number of nitrogens with one attached hydrogen (secondary N) is 1. The number of pyridine rings is 1. The van der Waals surface area contributed by atoms with Crippen molar-refractivity contribution in [3.8, 4) is 0 Å². The van der Waals surface area contributed by atoms with Crippen molar-refractivity contribution in [1.29, 1.82) is 0 Å². The summed E-state index contributed by atoms with van der Waals surface area (Å²) in [6, 6.07) is 10.2. The lowest BCUT2D eigenvalue weighted by molar-refractivity contribution is -0.145. The third-order valence-corrected chi connectivity index (χ3v) is 6.01. The third-order valence-electron chi connectivity index (χ3n) is 6.01. The van der Waals surface area contributed by atoms with Gasteiger partial charge in [0.1, 0.15) is 11.3 Å². The Labute approximate surface area is 187 Å². The molecule has 2 aromatic heterocycles. The van der Waals surface area contributed by atoms with Gasteiger partial charge in [0.25, 0.3) is 0 Å². The van der Waals surface area contributed by atoms with Crippen molar-refractivity contribution in [2.45, 2.75) is 39.3 Å². The van der Waals surface area contributed by atoms with Gasteiger partial charge in [-0.3, -0.25) is 4.98 Å². The summed E-state index contributed by atoms with van der Waals surface area (Å²) in [5, 5.41) is 2.87. The zero-order valence-electron chi connectivity index (χ0n) is 18.5. The van der Waals surface area contributed by atoms with Crippen LogP contribution in [0.4, 0.5) is 4.79 Å². The number of fused-ring (bicyclic) bond motifs is 1. The Kier molecular flexibility index (Phi) is 6.68. The maximum Gasteiger partial charge on any atom is 0.333 e. The van der Waals surface area contributed by atoms with E-state index in [1.807, 2.05) is 43.3 Å². The zero-order chi connectivity index (χ0) is 22.5. The molecule has 8 nitrogen and oxygen atoms in total. The summed E-state index contributed by atoms with van der Waals surface area (Å²) in [5.74, 6) is 0.991. The van der Waals surface area contributed by atoms with Gasteiger partial charge in [-0.15, -0.1) is 0 Å². The number of urea groups is 1. The summed E-state index contributed by atoms with van der Waals surface area (Å²) in [7, 11) is 0. The smallest absolute Gasteiger partial charge is 0.333 e. The number of carbonyl (C=O) groups is 2. The second-order valence-corrected chi connectivity index (χ2v) is 8.11. The van der Waals surface area contributed by atoms with Gasteiger partial charge >= 0.3 is 12.0 Å². The predicted octanol–water partition coefficient (Wildman–Crippen LogP) is 3.47.